The first kappa shape index (κ1) is 22.9. The molecule has 1 aliphatic rings. The minimum atomic E-state index is -0.224. The molecule has 1 aliphatic heterocycles. The number of benzene rings is 1. The van der Waals surface area contributed by atoms with E-state index in [-0.39, 0.29) is 17.8 Å². The maximum Gasteiger partial charge on any atom is 0.235 e. The maximum atomic E-state index is 12.7. The number of carbonyl (C=O) groups excluding carboxylic acids is 1. The second kappa shape index (κ2) is 10.1. The fourth-order valence-electron chi connectivity index (χ4n) is 3.84. The zero-order valence-electron chi connectivity index (χ0n) is 18.8. The molecule has 0 saturated carbocycles. The molecule has 1 fully saturated rings. The van der Waals surface area contributed by atoms with Crippen LogP contribution in [0.3, 0.4) is 0 Å². The van der Waals surface area contributed by atoms with Crippen molar-refractivity contribution >= 4 is 23.5 Å². The van der Waals surface area contributed by atoms with Crippen LogP contribution in [0.1, 0.15) is 29.7 Å². The SMILES string of the molecule is COc1ccc(-c2nc(SCC(=O)Nc3c(C#N)c(C)c(C)n3C[C@@H]3CCCO3)n[nH]2)cc1. The Morgan fingerprint density at radius 3 is 2.85 bits per heavy atom. The van der Waals surface area contributed by atoms with Gasteiger partial charge in [-0.25, -0.2) is 4.98 Å². The second-order valence-corrected chi connectivity index (χ2v) is 8.77. The van der Waals surface area contributed by atoms with Gasteiger partial charge in [0.1, 0.15) is 17.6 Å². The summed E-state index contributed by atoms with van der Waals surface area (Å²) in [5.41, 5.74) is 3.19. The van der Waals surface area contributed by atoms with E-state index in [9.17, 15) is 10.1 Å². The van der Waals surface area contributed by atoms with Gasteiger partial charge in [0.25, 0.3) is 0 Å². The van der Waals surface area contributed by atoms with Crippen molar-refractivity contribution in [1.29, 1.82) is 5.26 Å². The van der Waals surface area contributed by atoms with Gasteiger partial charge in [-0.2, -0.15) is 5.26 Å². The zero-order chi connectivity index (χ0) is 23.4. The highest BCUT2D eigenvalue weighted by molar-refractivity contribution is 7.99. The molecular formula is C23H26N6O3S. The number of rotatable bonds is 8. The Hall–Kier alpha value is -3.29. The smallest absolute Gasteiger partial charge is 0.235 e. The maximum absolute atomic E-state index is 12.7. The normalized spacial score (nSPS) is 15.4. The highest BCUT2D eigenvalue weighted by Gasteiger charge is 2.24. The summed E-state index contributed by atoms with van der Waals surface area (Å²) in [6.07, 6.45) is 2.10. The largest absolute Gasteiger partial charge is 0.497 e. The molecule has 0 aliphatic carbocycles. The zero-order valence-corrected chi connectivity index (χ0v) is 19.7. The number of anilines is 1. The van der Waals surface area contributed by atoms with Gasteiger partial charge in [0.2, 0.25) is 11.1 Å². The fraction of sp³-hybridized carbons (Fsp3) is 0.391. The number of amides is 1. The van der Waals surface area contributed by atoms with Gasteiger partial charge in [0.15, 0.2) is 5.82 Å². The lowest BCUT2D eigenvalue weighted by atomic mass is 10.2. The van der Waals surface area contributed by atoms with Crippen molar-refractivity contribution in [3.05, 3.63) is 41.1 Å². The van der Waals surface area contributed by atoms with Crippen molar-refractivity contribution in [2.45, 2.75) is 44.5 Å². The summed E-state index contributed by atoms with van der Waals surface area (Å²) in [5, 5.41) is 20.2. The van der Waals surface area contributed by atoms with E-state index in [0.29, 0.717) is 28.9 Å². The lowest BCUT2D eigenvalue weighted by molar-refractivity contribution is -0.113. The van der Waals surface area contributed by atoms with E-state index in [0.717, 1.165) is 42.0 Å². The summed E-state index contributed by atoms with van der Waals surface area (Å²) in [6.45, 7) is 5.23. The van der Waals surface area contributed by atoms with Crippen LogP contribution in [0.2, 0.25) is 0 Å². The number of aromatic nitrogens is 4. The summed E-state index contributed by atoms with van der Waals surface area (Å²) in [5.74, 6) is 1.80. The Labute approximate surface area is 196 Å². The number of nitrogens with one attached hydrogen (secondary N) is 2. The van der Waals surface area contributed by atoms with Gasteiger partial charge >= 0.3 is 0 Å². The Morgan fingerprint density at radius 1 is 1.39 bits per heavy atom. The molecule has 0 spiro atoms. The lowest BCUT2D eigenvalue weighted by Crippen LogP contribution is -2.22. The van der Waals surface area contributed by atoms with Crippen LogP contribution in [-0.2, 0) is 16.1 Å². The van der Waals surface area contributed by atoms with Crippen LogP contribution in [0.4, 0.5) is 5.82 Å². The third-order valence-electron chi connectivity index (χ3n) is 5.77. The molecule has 10 heteroatoms. The molecule has 2 aromatic heterocycles. The molecule has 9 nitrogen and oxygen atoms in total. The minimum Gasteiger partial charge on any atom is -0.497 e. The molecule has 2 N–H and O–H groups in total. The first-order valence-corrected chi connectivity index (χ1v) is 11.7. The van der Waals surface area contributed by atoms with Gasteiger partial charge < -0.3 is 19.4 Å². The first-order valence-electron chi connectivity index (χ1n) is 10.7. The molecule has 1 saturated heterocycles. The number of hydrogen-bond donors (Lipinski definition) is 2. The number of aromatic amines is 1. The van der Waals surface area contributed by atoms with Crippen molar-refractivity contribution in [3.8, 4) is 23.2 Å². The van der Waals surface area contributed by atoms with Crippen LogP contribution >= 0.6 is 11.8 Å². The number of methoxy groups -OCH3 is 1. The van der Waals surface area contributed by atoms with E-state index in [1.54, 1.807) is 7.11 Å². The number of nitrogens with zero attached hydrogens (tertiary/aromatic N) is 4. The summed E-state index contributed by atoms with van der Waals surface area (Å²) in [4.78, 5) is 17.2. The monoisotopic (exact) mass is 466 g/mol. The van der Waals surface area contributed by atoms with Gasteiger partial charge in [-0.3, -0.25) is 9.89 Å². The second-order valence-electron chi connectivity index (χ2n) is 7.82. The number of ether oxygens (including phenoxy) is 2. The Morgan fingerprint density at radius 2 is 2.18 bits per heavy atom. The van der Waals surface area contributed by atoms with Gasteiger partial charge in [-0.05, 0) is 56.5 Å². The van der Waals surface area contributed by atoms with Gasteiger partial charge in [-0.1, -0.05) is 11.8 Å². The lowest BCUT2D eigenvalue weighted by Gasteiger charge is -2.16. The van der Waals surface area contributed by atoms with Crippen LogP contribution < -0.4 is 10.1 Å². The van der Waals surface area contributed by atoms with Crippen LogP contribution in [0.25, 0.3) is 11.4 Å². The number of thioether (sulfide) groups is 1. The Kier molecular flexibility index (Phi) is 7.01. The molecule has 1 amide bonds. The van der Waals surface area contributed by atoms with E-state index in [1.807, 2.05) is 42.7 Å². The minimum absolute atomic E-state index is 0.0942. The van der Waals surface area contributed by atoms with Gasteiger partial charge in [-0.15, -0.1) is 5.10 Å². The van der Waals surface area contributed by atoms with Crippen molar-refractivity contribution in [2.75, 3.05) is 24.8 Å². The van der Waals surface area contributed by atoms with Crippen molar-refractivity contribution < 1.29 is 14.3 Å². The highest BCUT2D eigenvalue weighted by Crippen LogP contribution is 2.29. The topological polar surface area (TPSA) is 118 Å². The number of nitriles is 1. The fourth-order valence-corrected chi connectivity index (χ4v) is 4.44. The molecule has 4 rings (SSSR count). The van der Waals surface area contributed by atoms with Gasteiger partial charge in [0.05, 0.1) is 31.1 Å². The van der Waals surface area contributed by atoms with E-state index >= 15 is 0 Å². The molecule has 0 unspecified atom stereocenters. The summed E-state index contributed by atoms with van der Waals surface area (Å²) in [6, 6.07) is 9.70. The molecule has 0 bridgehead atoms. The van der Waals surface area contributed by atoms with Crippen molar-refractivity contribution in [2.24, 2.45) is 0 Å². The highest BCUT2D eigenvalue weighted by atomic mass is 32.2. The Balaban J connectivity index is 1.42. The van der Waals surface area contributed by atoms with Crippen molar-refractivity contribution in [1.82, 2.24) is 19.7 Å². The number of hydrogen-bond acceptors (Lipinski definition) is 7. The summed E-state index contributed by atoms with van der Waals surface area (Å²) >= 11 is 1.23. The number of carbonyl (C=O) groups is 1. The molecule has 33 heavy (non-hydrogen) atoms. The summed E-state index contributed by atoms with van der Waals surface area (Å²) in [7, 11) is 1.62. The van der Waals surface area contributed by atoms with Crippen LogP contribution in [-0.4, -0.2) is 51.2 Å². The number of H-pyrrole nitrogens is 1. The molecule has 0 radical (unpaired) electrons. The van der Waals surface area contributed by atoms with E-state index in [2.05, 4.69) is 26.6 Å². The standard InChI is InChI=1S/C23H26N6O3S/c1-14-15(2)29(12-18-5-4-10-32-18)22(19(14)11-24)25-20(30)13-33-23-26-21(27-28-23)16-6-8-17(31-3)9-7-16/h6-9,18H,4-5,10,12-13H2,1-3H3,(H,25,30)(H,26,27,28)/t18-/m0/s1. The van der Waals surface area contributed by atoms with Crippen LogP contribution in [0.15, 0.2) is 29.4 Å². The molecular weight excluding hydrogens is 440 g/mol. The average molecular weight is 467 g/mol. The molecule has 172 valence electrons. The predicted molar refractivity (Wildman–Crippen MR) is 125 cm³/mol. The molecule has 3 heterocycles. The third-order valence-corrected chi connectivity index (χ3v) is 6.62. The van der Waals surface area contributed by atoms with Crippen LogP contribution in [0, 0.1) is 25.2 Å². The van der Waals surface area contributed by atoms with Crippen LogP contribution in [0.5, 0.6) is 5.75 Å². The first-order chi connectivity index (χ1) is 16.0. The predicted octanol–water partition coefficient (Wildman–Crippen LogP) is 3.68. The molecule has 1 atom stereocenters. The molecule has 3 aromatic rings. The van der Waals surface area contributed by atoms with E-state index < -0.39 is 0 Å². The van der Waals surface area contributed by atoms with Gasteiger partial charge in [0, 0.05) is 17.9 Å². The van der Waals surface area contributed by atoms with E-state index in [4.69, 9.17) is 9.47 Å². The average Bonchev–Trinajstić information content (AvgIpc) is 3.56. The quantitative estimate of drug-likeness (QED) is 0.486. The summed E-state index contributed by atoms with van der Waals surface area (Å²) < 4.78 is 12.9. The van der Waals surface area contributed by atoms with Crippen molar-refractivity contribution in [3.63, 3.8) is 0 Å². The molecule has 1 aromatic carbocycles. The Bertz CT molecular complexity index is 1170. The third kappa shape index (κ3) is 5.05. The van der Waals surface area contributed by atoms with E-state index in [1.165, 1.54) is 11.8 Å².